The monoisotopic (exact) mass is 254 g/mol. The highest BCUT2D eigenvalue weighted by molar-refractivity contribution is 6.11. The maximum atomic E-state index is 2.36. The van der Waals surface area contributed by atoms with Gasteiger partial charge in [-0.15, -0.1) is 0 Å². The van der Waals surface area contributed by atoms with E-state index in [4.69, 9.17) is 0 Å². The number of hydrogen-bond acceptors (Lipinski definition) is 0. The first-order chi connectivity index (χ1) is 8.84. The predicted octanol–water partition coefficient (Wildman–Crippen LogP) is 4.28. The van der Waals surface area contributed by atoms with Gasteiger partial charge in [0.1, 0.15) is 0 Å². The highest BCUT2D eigenvalue weighted by atomic mass is 15.0. The Balaban J connectivity index is 2.64. The van der Waals surface area contributed by atoms with Crippen LogP contribution in [0.15, 0.2) is 24.3 Å². The van der Waals surface area contributed by atoms with E-state index in [1.165, 1.54) is 33.2 Å². The third kappa shape index (κ3) is 1.49. The summed E-state index contributed by atoms with van der Waals surface area (Å²) in [6.07, 6.45) is 0. The van der Waals surface area contributed by atoms with E-state index in [2.05, 4.69) is 75.2 Å². The molecule has 0 aliphatic heterocycles. The highest BCUT2D eigenvalue weighted by Gasteiger charge is 2.26. The lowest BCUT2D eigenvalue weighted by atomic mass is 9.89. The Morgan fingerprint density at radius 2 is 1.58 bits per heavy atom. The summed E-state index contributed by atoms with van der Waals surface area (Å²) in [5, 5.41) is 2.79. The van der Waals surface area contributed by atoms with Gasteiger partial charge in [-0.2, -0.15) is 0 Å². The average molecular weight is 254 g/mol. The summed E-state index contributed by atoms with van der Waals surface area (Å²) in [5.74, 6) is 0. The summed E-state index contributed by atoms with van der Waals surface area (Å²) < 4.78 is 4.69. The minimum Gasteiger partial charge on any atom is -0.349 e. The van der Waals surface area contributed by atoms with Gasteiger partial charge in [-0.1, -0.05) is 39.0 Å². The van der Waals surface area contributed by atoms with E-state index in [1.807, 2.05) is 0 Å². The van der Waals surface area contributed by atoms with Crippen molar-refractivity contribution in [3.05, 3.63) is 35.7 Å². The first kappa shape index (κ1) is 12.3. The lowest BCUT2D eigenvalue weighted by Crippen LogP contribution is -2.16. The molecule has 2 heteroatoms. The fourth-order valence-electron chi connectivity index (χ4n) is 3.43. The van der Waals surface area contributed by atoms with Crippen molar-refractivity contribution in [3.63, 3.8) is 0 Å². The van der Waals surface area contributed by atoms with Crippen molar-refractivity contribution < 1.29 is 0 Å². The number of aromatic nitrogens is 2. The van der Waals surface area contributed by atoms with Gasteiger partial charge in [-0.05, 0) is 13.0 Å². The van der Waals surface area contributed by atoms with Gasteiger partial charge in [0.25, 0.3) is 0 Å². The Kier molecular flexibility index (Phi) is 2.38. The summed E-state index contributed by atoms with van der Waals surface area (Å²) in [5.41, 5.74) is 5.61. The zero-order valence-corrected chi connectivity index (χ0v) is 12.7. The summed E-state index contributed by atoms with van der Waals surface area (Å²) in [6.45, 7) is 9.10. The summed E-state index contributed by atoms with van der Waals surface area (Å²) in [4.78, 5) is 0. The number of nitrogens with zero attached hydrogens (tertiary/aromatic N) is 2. The van der Waals surface area contributed by atoms with Gasteiger partial charge < -0.3 is 9.13 Å². The molecule has 0 saturated carbocycles. The van der Waals surface area contributed by atoms with Gasteiger partial charge in [0.15, 0.2) is 0 Å². The Morgan fingerprint density at radius 1 is 0.947 bits per heavy atom. The normalized spacial score (nSPS) is 12.7. The molecule has 19 heavy (non-hydrogen) atoms. The molecule has 0 radical (unpaired) electrons. The van der Waals surface area contributed by atoms with Crippen molar-refractivity contribution in [2.75, 3.05) is 0 Å². The fraction of sp³-hybridized carbons (Fsp3) is 0.412. The van der Waals surface area contributed by atoms with Gasteiger partial charge in [0.2, 0.25) is 0 Å². The summed E-state index contributed by atoms with van der Waals surface area (Å²) in [6, 6.07) is 8.71. The second-order valence-electron chi connectivity index (χ2n) is 6.54. The Bertz CT molecular complexity index is 779. The SMILES string of the molecule is Cc1c2c(c(C(C)(C)C)n1C)c1ccccc1n2C. The van der Waals surface area contributed by atoms with E-state index in [-0.39, 0.29) is 5.41 Å². The fourth-order valence-corrected chi connectivity index (χ4v) is 3.43. The molecule has 2 nitrogen and oxygen atoms in total. The molecule has 3 rings (SSSR count). The van der Waals surface area contributed by atoms with Crippen molar-refractivity contribution in [1.82, 2.24) is 9.13 Å². The third-order valence-corrected chi connectivity index (χ3v) is 4.24. The second kappa shape index (κ2) is 3.66. The molecule has 0 unspecified atom stereocenters. The van der Waals surface area contributed by atoms with Crippen molar-refractivity contribution in [1.29, 1.82) is 0 Å². The minimum atomic E-state index is 0.144. The highest BCUT2D eigenvalue weighted by Crippen LogP contribution is 2.39. The third-order valence-electron chi connectivity index (χ3n) is 4.24. The molecule has 0 atom stereocenters. The summed E-state index contributed by atoms with van der Waals surface area (Å²) >= 11 is 0. The van der Waals surface area contributed by atoms with E-state index < -0.39 is 0 Å². The Labute approximate surface area is 114 Å². The van der Waals surface area contributed by atoms with Gasteiger partial charge in [-0.3, -0.25) is 0 Å². The lowest BCUT2D eigenvalue weighted by molar-refractivity contribution is 0.545. The van der Waals surface area contributed by atoms with Crippen LogP contribution in [0.2, 0.25) is 0 Å². The quantitative estimate of drug-likeness (QED) is 0.567. The maximum absolute atomic E-state index is 2.36. The van der Waals surface area contributed by atoms with E-state index in [1.54, 1.807) is 0 Å². The van der Waals surface area contributed by atoms with E-state index in [9.17, 15) is 0 Å². The number of aryl methyl sites for hydroxylation is 2. The molecule has 0 fully saturated rings. The second-order valence-corrected chi connectivity index (χ2v) is 6.54. The molecule has 0 spiro atoms. The average Bonchev–Trinajstić information content (AvgIpc) is 2.76. The smallest absolute Gasteiger partial charge is 0.0701 e. The van der Waals surface area contributed by atoms with Crippen LogP contribution in [0.4, 0.5) is 0 Å². The number of fused-ring (bicyclic) bond motifs is 3. The first-order valence-corrected chi connectivity index (χ1v) is 6.87. The lowest BCUT2D eigenvalue weighted by Gasteiger charge is -2.21. The molecule has 0 aliphatic rings. The van der Waals surface area contributed by atoms with Crippen LogP contribution >= 0.6 is 0 Å². The van der Waals surface area contributed by atoms with Crippen LogP contribution in [0.3, 0.4) is 0 Å². The van der Waals surface area contributed by atoms with Crippen LogP contribution in [0.5, 0.6) is 0 Å². The van der Waals surface area contributed by atoms with Crippen LogP contribution < -0.4 is 0 Å². The zero-order chi connectivity index (χ0) is 13.9. The van der Waals surface area contributed by atoms with Crippen molar-refractivity contribution >= 4 is 21.8 Å². The maximum Gasteiger partial charge on any atom is 0.0701 e. The Morgan fingerprint density at radius 3 is 2.21 bits per heavy atom. The predicted molar refractivity (Wildman–Crippen MR) is 82.8 cm³/mol. The van der Waals surface area contributed by atoms with Crippen LogP contribution in [0.25, 0.3) is 21.8 Å². The Hall–Kier alpha value is -1.70. The van der Waals surface area contributed by atoms with Crippen molar-refractivity contribution in [3.8, 4) is 0 Å². The molecular weight excluding hydrogens is 232 g/mol. The molecule has 1 aromatic carbocycles. The van der Waals surface area contributed by atoms with E-state index in [0.717, 1.165) is 0 Å². The van der Waals surface area contributed by atoms with Crippen LogP contribution in [-0.4, -0.2) is 9.13 Å². The summed E-state index contributed by atoms with van der Waals surface area (Å²) in [7, 11) is 4.36. The van der Waals surface area contributed by atoms with Crippen molar-refractivity contribution in [2.24, 2.45) is 14.1 Å². The molecule has 2 heterocycles. The largest absolute Gasteiger partial charge is 0.349 e. The first-order valence-electron chi connectivity index (χ1n) is 6.87. The van der Waals surface area contributed by atoms with Crippen LogP contribution in [0.1, 0.15) is 32.2 Å². The molecule has 0 N–H and O–H groups in total. The van der Waals surface area contributed by atoms with Gasteiger partial charge in [-0.25, -0.2) is 0 Å². The van der Waals surface area contributed by atoms with Crippen molar-refractivity contribution in [2.45, 2.75) is 33.1 Å². The van der Waals surface area contributed by atoms with Gasteiger partial charge >= 0.3 is 0 Å². The topological polar surface area (TPSA) is 9.86 Å². The minimum absolute atomic E-state index is 0.144. The number of para-hydroxylation sites is 1. The number of benzene rings is 1. The molecule has 100 valence electrons. The van der Waals surface area contributed by atoms with Gasteiger partial charge in [0.05, 0.1) is 5.52 Å². The zero-order valence-electron chi connectivity index (χ0n) is 12.7. The molecule has 0 amide bonds. The molecule has 3 aromatic rings. The molecule has 0 aliphatic carbocycles. The molecule has 0 bridgehead atoms. The van der Waals surface area contributed by atoms with Crippen LogP contribution in [-0.2, 0) is 19.5 Å². The standard InChI is InChI=1S/C17H22N2/c1-11-15-14(16(18(11)5)17(2,3)4)12-9-7-8-10-13(12)19(15)6/h7-10H,1-6H3. The number of rotatable bonds is 0. The molecular formula is C17H22N2. The number of hydrogen-bond donors (Lipinski definition) is 0. The van der Waals surface area contributed by atoms with E-state index >= 15 is 0 Å². The van der Waals surface area contributed by atoms with E-state index in [0.29, 0.717) is 0 Å². The van der Waals surface area contributed by atoms with Gasteiger partial charge in [0, 0.05) is 47.2 Å². The van der Waals surface area contributed by atoms with Crippen LogP contribution in [0, 0.1) is 6.92 Å². The molecule has 2 aromatic heterocycles. The molecule has 0 saturated heterocycles.